The Morgan fingerprint density at radius 3 is 2.58 bits per heavy atom. The summed E-state index contributed by atoms with van der Waals surface area (Å²) in [6, 6.07) is 8.77. The van der Waals surface area contributed by atoms with Crippen LogP contribution in [0, 0.1) is 17.5 Å². The van der Waals surface area contributed by atoms with E-state index in [1.54, 1.807) is 6.07 Å². The van der Waals surface area contributed by atoms with E-state index in [9.17, 15) is 18.0 Å². The highest BCUT2D eigenvalue weighted by Crippen LogP contribution is 2.17. The lowest BCUT2D eigenvalue weighted by atomic mass is 10.2. The summed E-state index contributed by atoms with van der Waals surface area (Å²) >= 11 is 0. The second-order valence-corrected chi connectivity index (χ2v) is 5.58. The van der Waals surface area contributed by atoms with Gasteiger partial charge >= 0.3 is 0 Å². The van der Waals surface area contributed by atoms with Gasteiger partial charge in [-0.05, 0) is 29.8 Å². The van der Waals surface area contributed by atoms with Gasteiger partial charge in [0, 0.05) is 6.07 Å². The van der Waals surface area contributed by atoms with Crippen molar-refractivity contribution in [2.24, 2.45) is 0 Å². The Morgan fingerprint density at radius 2 is 1.81 bits per heavy atom. The lowest BCUT2D eigenvalue weighted by Crippen LogP contribution is -2.21. The fourth-order valence-corrected chi connectivity index (χ4v) is 2.60. The Kier molecular flexibility index (Phi) is 3.76. The molecule has 0 amide bonds. The van der Waals surface area contributed by atoms with Crippen LogP contribution in [0.4, 0.5) is 13.2 Å². The van der Waals surface area contributed by atoms with Gasteiger partial charge in [-0.25, -0.2) is 18.2 Å². The predicted octanol–water partition coefficient (Wildman–Crippen LogP) is 2.44. The van der Waals surface area contributed by atoms with Gasteiger partial charge in [0.05, 0.1) is 6.54 Å². The lowest BCUT2D eigenvalue weighted by Gasteiger charge is -2.06. The van der Waals surface area contributed by atoms with Gasteiger partial charge in [0.1, 0.15) is 23.6 Å². The summed E-state index contributed by atoms with van der Waals surface area (Å²) in [6.45, 7) is 0.0945. The van der Waals surface area contributed by atoms with E-state index >= 15 is 0 Å². The van der Waals surface area contributed by atoms with Crippen LogP contribution >= 0.6 is 0 Å². The molecule has 0 bridgehead atoms. The number of rotatable bonds is 3. The molecule has 2 heterocycles. The molecule has 4 aromatic rings. The lowest BCUT2D eigenvalue weighted by molar-refractivity contribution is 0.573. The zero-order chi connectivity index (χ0) is 18.3. The van der Waals surface area contributed by atoms with Crippen LogP contribution < -0.4 is 5.56 Å². The summed E-state index contributed by atoms with van der Waals surface area (Å²) < 4.78 is 42.6. The van der Waals surface area contributed by atoms with Crippen molar-refractivity contribution >= 4 is 11.2 Å². The Labute approximate surface area is 144 Å². The van der Waals surface area contributed by atoms with Gasteiger partial charge in [-0.3, -0.25) is 9.36 Å². The van der Waals surface area contributed by atoms with Crippen molar-refractivity contribution in [1.29, 1.82) is 0 Å². The highest BCUT2D eigenvalue weighted by Gasteiger charge is 2.16. The molecule has 0 saturated heterocycles. The van der Waals surface area contributed by atoms with E-state index in [1.807, 2.05) is 0 Å². The molecule has 0 radical (unpaired) electrons. The van der Waals surface area contributed by atoms with Gasteiger partial charge < -0.3 is 0 Å². The minimum atomic E-state index is -0.859. The number of benzene rings is 2. The highest BCUT2D eigenvalue weighted by molar-refractivity contribution is 5.70. The first kappa shape index (κ1) is 16.0. The van der Waals surface area contributed by atoms with Gasteiger partial charge in [0.2, 0.25) is 0 Å². The van der Waals surface area contributed by atoms with Crippen molar-refractivity contribution in [2.45, 2.75) is 6.54 Å². The summed E-state index contributed by atoms with van der Waals surface area (Å²) in [4.78, 5) is 16.7. The van der Waals surface area contributed by atoms with Crippen molar-refractivity contribution in [2.75, 3.05) is 0 Å². The molecule has 0 aliphatic heterocycles. The topological polar surface area (TPSA) is 65.6 Å². The van der Waals surface area contributed by atoms with Gasteiger partial charge in [0.25, 0.3) is 5.56 Å². The monoisotopic (exact) mass is 357 g/mol. The van der Waals surface area contributed by atoms with Gasteiger partial charge in [-0.15, -0.1) is 5.10 Å². The SMILES string of the molecule is O=c1c2nnn(-c3ccc(F)cc3F)c2ncn1Cc1cccc(F)c1. The first-order valence-electron chi connectivity index (χ1n) is 7.53. The summed E-state index contributed by atoms with van der Waals surface area (Å²) in [5.41, 5.74) is -0.0504. The van der Waals surface area contributed by atoms with Crippen LogP contribution in [-0.4, -0.2) is 24.5 Å². The van der Waals surface area contributed by atoms with Crippen LogP contribution in [0.25, 0.3) is 16.9 Å². The fourth-order valence-electron chi connectivity index (χ4n) is 2.60. The molecule has 26 heavy (non-hydrogen) atoms. The maximum Gasteiger partial charge on any atom is 0.283 e. The largest absolute Gasteiger partial charge is 0.293 e. The van der Waals surface area contributed by atoms with Crippen LogP contribution in [0.5, 0.6) is 0 Å². The highest BCUT2D eigenvalue weighted by atomic mass is 19.1. The third kappa shape index (κ3) is 2.73. The molecule has 2 aromatic carbocycles. The number of nitrogens with zero attached hydrogens (tertiary/aromatic N) is 5. The van der Waals surface area contributed by atoms with Crippen LogP contribution in [0.1, 0.15) is 5.56 Å². The second-order valence-electron chi connectivity index (χ2n) is 5.58. The molecule has 0 fully saturated rings. The molecule has 0 atom stereocenters. The first-order chi connectivity index (χ1) is 12.5. The zero-order valence-electron chi connectivity index (χ0n) is 13.1. The average Bonchev–Trinajstić information content (AvgIpc) is 3.02. The molecule has 6 nitrogen and oxygen atoms in total. The maximum atomic E-state index is 14.0. The number of halogens is 3. The van der Waals surface area contributed by atoms with Crippen LogP contribution in [-0.2, 0) is 6.54 Å². The van der Waals surface area contributed by atoms with Crippen LogP contribution in [0.3, 0.4) is 0 Å². The maximum absolute atomic E-state index is 14.0. The Morgan fingerprint density at radius 1 is 1.00 bits per heavy atom. The Hall–Kier alpha value is -3.49. The Bertz CT molecular complexity index is 1180. The number of hydrogen-bond acceptors (Lipinski definition) is 4. The second kappa shape index (κ2) is 6.10. The quantitative estimate of drug-likeness (QED) is 0.565. The molecule has 130 valence electrons. The molecule has 9 heteroatoms. The van der Waals surface area contributed by atoms with E-state index in [0.717, 1.165) is 10.7 Å². The molecular formula is C17H10F3N5O. The predicted molar refractivity (Wildman–Crippen MR) is 86.3 cm³/mol. The van der Waals surface area contributed by atoms with Crippen molar-refractivity contribution < 1.29 is 13.2 Å². The number of aromatic nitrogens is 5. The summed E-state index contributed by atoms with van der Waals surface area (Å²) in [5, 5.41) is 7.51. The van der Waals surface area contributed by atoms with Crippen molar-refractivity contribution in [3.63, 3.8) is 0 Å². The Balaban J connectivity index is 1.79. The summed E-state index contributed by atoms with van der Waals surface area (Å²) in [5.74, 6) is -2.01. The summed E-state index contributed by atoms with van der Waals surface area (Å²) in [7, 11) is 0. The van der Waals surface area contributed by atoms with E-state index in [0.29, 0.717) is 11.6 Å². The minimum Gasteiger partial charge on any atom is -0.293 e. The first-order valence-corrected chi connectivity index (χ1v) is 7.53. The van der Waals surface area contributed by atoms with Crippen molar-refractivity contribution in [3.05, 3.63) is 82.2 Å². The molecule has 4 rings (SSSR count). The van der Waals surface area contributed by atoms with Gasteiger partial charge in [-0.1, -0.05) is 17.3 Å². The normalized spacial score (nSPS) is 11.2. The van der Waals surface area contributed by atoms with Crippen molar-refractivity contribution in [1.82, 2.24) is 24.5 Å². The van der Waals surface area contributed by atoms with E-state index in [-0.39, 0.29) is 23.4 Å². The number of hydrogen-bond donors (Lipinski definition) is 0. The van der Waals surface area contributed by atoms with Crippen LogP contribution in [0.2, 0.25) is 0 Å². The molecule has 2 aromatic heterocycles. The third-order valence-electron chi connectivity index (χ3n) is 3.81. The molecule has 0 saturated carbocycles. The summed E-state index contributed by atoms with van der Waals surface area (Å²) in [6.07, 6.45) is 1.25. The molecule has 0 N–H and O–H groups in total. The van der Waals surface area contributed by atoms with E-state index < -0.39 is 23.0 Å². The van der Waals surface area contributed by atoms with Gasteiger partial charge in [-0.2, -0.15) is 4.68 Å². The zero-order valence-corrected chi connectivity index (χ0v) is 13.1. The van der Waals surface area contributed by atoms with E-state index in [2.05, 4.69) is 15.3 Å². The third-order valence-corrected chi connectivity index (χ3v) is 3.81. The van der Waals surface area contributed by atoms with Gasteiger partial charge in [0.15, 0.2) is 17.0 Å². The molecule has 0 spiro atoms. The molecule has 0 unspecified atom stereocenters. The standard InChI is InChI=1S/C17H10F3N5O/c18-11-3-1-2-10(6-11)8-24-9-21-16-15(17(24)26)22-23-25(16)14-5-4-12(19)7-13(14)20/h1-7,9H,8H2. The van der Waals surface area contributed by atoms with Crippen molar-refractivity contribution in [3.8, 4) is 5.69 Å². The smallest absolute Gasteiger partial charge is 0.283 e. The number of fused-ring (bicyclic) bond motifs is 1. The molecule has 0 aliphatic carbocycles. The molecule has 0 aliphatic rings. The molecular weight excluding hydrogens is 347 g/mol. The van der Waals surface area contributed by atoms with E-state index in [4.69, 9.17) is 0 Å². The minimum absolute atomic E-state index is 0.0380. The fraction of sp³-hybridized carbons (Fsp3) is 0.0588. The van der Waals surface area contributed by atoms with Crippen LogP contribution in [0.15, 0.2) is 53.6 Å². The average molecular weight is 357 g/mol. The van der Waals surface area contributed by atoms with E-state index in [1.165, 1.54) is 35.2 Å².